The molecule has 2 aromatic carbocycles. The lowest BCUT2D eigenvalue weighted by Crippen LogP contribution is -2.58. The van der Waals surface area contributed by atoms with Crippen LogP contribution in [0, 0.1) is 5.82 Å². The van der Waals surface area contributed by atoms with E-state index in [1.54, 1.807) is 17.0 Å². The van der Waals surface area contributed by atoms with Gasteiger partial charge in [-0.25, -0.2) is 9.18 Å². The molecule has 1 saturated heterocycles. The molecule has 0 aromatic heterocycles. The van der Waals surface area contributed by atoms with Gasteiger partial charge < -0.3 is 19.5 Å². The van der Waals surface area contributed by atoms with Gasteiger partial charge in [-0.15, -0.1) is 0 Å². The van der Waals surface area contributed by atoms with Crippen LogP contribution in [0.25, 0.3) is 0 Å². The molecular formula is C23H26ClFN2O5. The number of carboxylic acid groups (broad SMARTS) is 1. The first-order chi connectivity index (χ1) is 15.2. The number of rotatable bonds is 7. The molecule has 32 heavy (non-hydrogen) atoms. The second-order valence-electron chi connectivity index (χ2n) is 7.88. The van der Waals surface area contributed by atoms with Crippen molar-refractivity contribution in [2.45, 2.75) is 32.5 Å². The molecule has 9 heteroatoms. The van der Waals surface area contributed by atoms with Gasteiger partial charge in [0.25, 0.3) is 5.91 Å². The summed E-state index contributed by atoms with van der Waals surface area (Å²) in [7, 11) is 1.37. The number of carbonyl (C=O) groups is 2. The number of hydrogen-bond donors (Lipinski definition) is 1. The minimum absolute atomic E-state index is 0.0368. The third-order valence-electron chi connectivity index (χ3n) is 5.55. The van der Waals surface area contributed by atoms with Gasteiger partial charge in [-0.2, -0.15) is 0 Å². The van der Waals surface area contributed by atoms with Crippen molar-refractivity contribution < 1.29 is 28.6 Å². The number of amides is 1. The zero-order valence-electron chi connectivity index (χ0n) is 18.2. The number of hydrogen-bond acceptors (Lipinski definition) is 5. The second kappa shape index (κ2) is 10.2. The van der Waals surface area contributed by atoms with Crippen molar-refractivity contribution in [3.05, 3.63) is 58.4 Å². The average molecular weight is 465 g/mol. The fourth-order valence-corrected chi connectivity index (χ4v) is 4.06. The maximum atomic E-state index is 13.2. The van der Waals surface area contributed by atoms with E-state index >= 15 is 0 Å². The quantitative estimate of drug-likeness (QED) is 0.673. The number of ether oxygens (including phenoxy) is 2. The summed E-state index contributed by atoms with van der Waals surface area (Å²) in [6.07, 6.45) is 0. The molecule has 1 aliphatic heterocycles. The van der Waals surface area contributed by atoms with E-state index in [1.807, 2.05) is 13.8 Å². The zero-order chi connectivity index (χ0) is 23.4. The molecule has 3 rings (SSSR count). The van der Waals surface area contributed by atoms with Crippen LogP contribution < -0.4 is 9.47 Å². The SMILES string of the molecule is COc1cc(C(=O)O)cc(Cl)c1OCC(=O)N1CC(C)N(Cc2ccc(F)cc2)CC1C. The molecule has 1 fully saturated rings. The topological polar surface area (TPSA) is 79.3 Å². The Morgan fingerprint density at radius 2 is 1.84 bits per heavy atom. The van der Waals surface area contributed by atoms with Crippen molar-refractivity contribution in [1.82, 2.24) is 9.80 Å². The van der Waals surface area contributed by atoms with Crippen LogP contribution in [0.2, 0.25) is 5.02 Å². The number of methoxy groups -OCH3 is 1. The predicted molar refractivity (Wildman–Crippen MR) is 118 cm³/mol. The summed E-state index contributed by atoms with van der Waals surface area (Å²) >= 11 is 6.16. The van der Waals surface area contributed by atoms with Gasteiger partial charge in [0.05, 0.1) is 17.7 Å². The maximum Gasteiger partial charge on any atom is 0.335 e. The van der Waals surface area contributed by atoms with Crippen molar-refractivity contribution in [3.8, 4) is 11.5 Å². The molecule has 0 aliphatic carbocycles. The highest BCUT2D eigenvalue weighted by molar-refractivity contribution is 6.32. The lowest BCUT2D eigenvalue weighted by atomic mass is 10.1. The Kier molecular flexibility index (Phi) is 7.58. The third kappa shape index (κ3) is 5.49. The van der Waals surface area contributed by atoms with Gasteiger partial charge in [0.1, 0.15) is 5.82 Å². The van der Waals surface area contributed by atoms with E-state index in [2.05, 4.69) is 4.90 Å². The highest BCUT2D eigenvalue weighted by atomic mass is 35.5. The van der Waals surface area contributed by atoms with Crippen LogP contribution >= 0.6 is 11.6 Å². The first-order valence-corrected chi connectivity index (χ1v) is 10.6. The van der Waals surface area contributed by atoms with Crippen molar-refractivity contribution >= 4 is 23.5 Å². The normalized spacial score (nSPS) is 19.0. The van der Waals surface area contributed by atoms with E-state index in [-0.39, 0.29) is 52.5 Å². The molecule has 0 bridgehead atoms. The van der Waals surface area contributed by atoms with Gasteiger partial charge in [-0.05, 0) is 43.7 Å². The minimum atomic E-state index is -1.14. The summed E-state index contributed by atoms with van der Waals surface area (Å²) in [5.41, 5.74) is 0.977. The Balaban J connectivity index is 1.63. The van der Waals surface area contributed by atoms with E-state index in [0.29, 0.717) is 19.6 Å². The largest absolute Gasteiger partial charge is 0.493 e. The minimum Gasteiger partial charge on any atom is -0.493 e. The number of carboxylic acids is 1. The summed E-state index contributed by atoms with van der Waals surface area (Å²) in [6, 6.07) is 9.04. The molecule has 1 amide bonds. The highest BCUT2D eigenvalue weighted by Crippen LogP contribution is 2.36. The van der Waals surface area contributed by atoms with Crippen LogP contribution in [0.15, 0.2) is 36.4 Å². The van der Waals surface area contributed by atoms with Gasteiger partial charge in [0.2, 0.25) is 0 Å². The number of halogens is 2. The summed E-state index contributed by atoms with van der Waals surface area (Å²) in [5, 5.41) is 9.21. The van der Waals surface area contributed by atoms with Crippen LogP contribution in [0.5, 0.6) is 11.5 Å². The van der Waals surface area contributed by atoms with Crippen molar-refractivity contribution in [3.63, 3.8) is 0 Å². The highest BCUT2D eigenvalue weighted by Gasteiger charge is 2.32. The molecule has 2 aromatic rings. The van der Waals surface area contributed by atoms with Crippen LogP contribution in [-0.4, -0.2) is 65.7 Å². The van der Waals surface area contributed by atoms with Crippen molar-refractivity contribution in [1.29, 1.82) is 0 Å². The Labute approximate surface area is 191 Å². The summed E-state index contributed by atoms with van der Waals surface area (Å²) < 4.78 is 24.0. The van der Waals surface area contributed by atoms with Gasteiger partial charge in [-0.3, -0.25) is 9.69 Å². The standard InChI is InChI=1S/C23H26ClFN2O5/c1-14-11-27(15(2)10-26(14)12-16-4-6-18(25)7-5-16)21(28)13-32-22-19(24)8-17(23(29)30)9-20(22)31-3/h4-9,14-15H,10-13H2,1-3H3,(H,29,30). The monoisotopic (exact) mass is 464 g/mol. The zero-order valence-corrected chi connectivity index (χ0v) is 18.9. The van der Waals surface area contributed by atoms with Crippen LogP contribution in [0.1, 0.15) is 29.8 Å². The molecule has 2 unspecified atom stereocenters. The van der Waals surface area contributed by atoms with Crippen LogP contribution in [0.4, 0.5) is 4.39 Å². The van der Waals surface area contributed by atoms with E-state index in [1.165, 1.54) is 31.4 Å². The Morgan fingerprint density at radius 3 is 2.47 bits per heavy atom. The molecule has 1 heterocycles. The first-order valence-electron chi connectivity index (χ1n) is 10.2. The van der Waals surface area contributed by atoms with Gasteiger partial charge in [0.15, 0.2) is 18.1 Å². The summed E-state index contributed by atoms with van der Waals surface area (Å²) in [6.45, 7) is 5.62. The average Bonchev–Trinajstić information content (AvgIpc) is 2.75. The molecule has 0 radical (unpaired) electrons. The second-order valence-corrected chi connectivity index (χ2v) is 8.29. The molecule has 7 nitrogen and oxygen atoms in total. The van der Waals surface area contributed by atoms with E-state index in [4.69, 9.17) is 26.2 Å². The molecular weight excluding hydrogens is 439 g/mol. The molecule has 2 atom stereocenters. The van der Waals surface area contributed by atoms with Gasteiger partial charge >= 0.3 is 5.97 Å². The molecule has 0 saturated carbocycles. The molecule has 172 valence electrons. The van der Waals surface area contributed by atoms with E-state index in [9.17, 15) is 14.0 Å². The van der Waals surface area contributed by atoms with Gasteiger partial charge in [0, 0.05) is 31.7 Å². The lowest BCUT2D eigenvalue weighted by molar-refractivity contribution is -0.139. The fourth-order valence-electron chi connectivity index (χ4n) is 3.79. The lowest BCUT2D eigenvalue weighted by Gasteiger charge is -2.44. The predicted octanol–water partition coefficient (Wildman–Crippen LogP) is 3.69. The number of carbonyl (C=O) groups excluding carboxylic acids is 1. The molecule has 0 spiro atoms. The Hall–Kier alpha value is -2.84. The number of piperazine rings is 1. The van der Waals surface area contributed by atoms with Gasteiger partial charge in [-0.1, -0.05) is 23.7 Å². The van der Waals surface area contributed by atoms with Crippen LogP contribution in [-0.2, 0) is 11.3 Å². The third-order valence-corrected chi connectivity index (χ3v) is 5.83. The number of nitrogens with zero attached hydrogens (tertiary/aromatic N) is 2. The molecule has 1 aliphatic rings. The van der Waals surface area contributed by atoms with E-state index < -0.39 is 5.97 Å². The number of aromatic carboxylic acids is 1. The fraction of sp³-hybridized carbons (Fsp3) is 0.391. The summed E-state index contributed by atoms with van der Waals surface area (Å²) in [4.78, 5) is 28.1. The maximum absolute atomic E-state index is 13.2. The van der Waals surface area contributed by atoms with Crippen molar-refractivity contribution in [2.24, 2.45) is 0 Å². The Morgan fingerprint density at radius 1 is 1.16 bits per heavy atom. The van der Waals surface area contributed by atoms with Crippen LogP contribution in [0.3, 0.4) is 0 Å². The summed E-state index contributed by atoms with van der Waals surface area (Å²) in [5.74, 6) is -1.34. The van der Waals surface area contributed by atoms with E-state index in [0.717, 1.165) is 5.56 Å². The van der Waals surface area contributed by atoms with Crippen molar-refractivity contribution in [2.75, 3.05) is 26.8 Å². The number of benzene rings is 2. The Bertz CT molecular complexity index is 985. The first kappa shape index (κ1) is 23.8. The smallest absolute Gasteiger partial charge is 0.335 e. The molecule has 1 N–H and O–H groups in total.